The topological polar surface area (TPSA) is 110 Å². The van der Waals surface area contributed by atoms with Crippen molar-refractivity contribution in [3.63, 3.8) is 0 Å². The smallest absolute Gasteiger partial charge is 0.234 e. The number of nitrogens with zero attached hydrogens (tertiary/aromatic N) is 1. The summed E-state index contributed by atoms with van der Waals surface area (Å²) in [5.74, 6) is -2.71. The van der Waals surface area contributed by atoms with Gasteiger partial charge in [0.25, 0.3) is 0 Å². The SMILES string of the molecule is COc1cc(C=CC2C3=CCC4C(=O)N(Cc5cccs5)C(=O)C4C3CC3=C2C(=O)C=C(Br)C3=O)cc(OC)c1O. The largest absolute Gasteiger partial charge is 0.502 e. The van der Waals surface area contributed by atoms with Gasteiger partial charge in [-0.15, -0.1) is 11.3 Å². The van der Waals surface area contributed by atoms with Crippen LogP contribution in [-0.2, 0) is 25.7 Å². The molecular formula is C31H26BrNO7S. The maximum atomic E-state index is 13.8. The van der Waals surface area contributed by atoms with E-state index in [1.807, 2.05) is 29.7 Å². The Morgan fingerprint density at radius 2 is 1.83 bits per heavy atom. The molecule has 1 aliphatic heterocycles. The number of phenols is 1. The van der Waals surface area contributed by atoms with E-state index in [1.54, 1.807) is 18.2 Å². The normalized spacial score (nSPS) is 25.7. The van der Waals surface area contributed by atoms with Crippen LogP contribution in [0.25, 0.3) is 6.08 Å². The molecule has 0 saturated carbocycles. The van der Waals surface area contributed by atoms with Crippen LogP contribution in [0.15, 0.2) is 69.1 Å². The lowest BCUT2D eigenvalue weighted by atomic mass is 9.61. The summed E-state index contributed by atoms with van der Waals surface area (Å²) in [7, 11) is 2.87. The quantitative estimate of drug-likeness (QED) is 0.271. The van der Waals surface area contributed by atoms with Crippen molar-refractivity contribution in [1.82, 2.24) is 4.90 Å². The first-order valence-corrected chi connectivity index (χ1v) is 14.8. The van der Waals surface area contributed by atoms with Crippen molar-refractivity contribution in [1.29, 1.82) is 0 Å². The Bertz CT molecular complexity index is 1590. The summed E-state index contributed by atoms with van der Waals surface area (Å²) in [5.41, 5.74) is 2.28. The number of imide groups is 1. The van der Waals surface area contributed by atoms with E-state index in [1.165, 1.54) is 36.5 Å². The molecule has 3 aliphatic carbocycles. The van der Waals surface area contributed by atoms with E-state index < -0.39 is 23.7 Å². The second-order valence-electron chi connectivity index (χ2n) is 10.4. The number of carbonyl (C=O) groups excluding carboxylic acids is 4. The summed E-state index contributed by atoms with van der Waals surface area (Å²) >= 11 is 4.74. The van der Waals surface area contributed by atoms with Crippen molar-refractivity contribution >= 4 is 56.7 Å². The van der Waals surface area contributed by atoms with Crippen LogP contribution in [0.1, 0.15) is 23.3 Å². The molecular weight excluding hydrogens is 610 g/mol. The van der Waals surface area contributed by atoms with Gasteiger partial charge in [-0.2, -0.15) is 0 Å². The molecule has 10 heteroatoms. The van der Waals surface area contributed by atoms with Crippen LogP contribution >= 0.6 is 27.3 Å². The number of carbonyl (C=O) groups is 4. The number of likely N-dealkylation sites (tertiary alicyclic amines) is 1. The van der Waals surface area contributed by atoms with E-state index in [2.05, 4.69) is 15.9 Å². The van der Waals surface area contributed by atoms with Gasteiger partial charge in [-0.1, -0.05) is 29.9 Å². The third kappa shape index (κ3) is 4.49. The number of rotatable bonds is 6. The van der Waals surface area contributed by atoms with E-state index >= 15 is 0 Å². The number of hydrogen-bond donors (Lipinski definition) is 1. The molecule has 1 fully saturated rings. The number of hydrogen-bond acceptors (Lipinski definition) is 8. The van der Waals surface area contributed by atoms with Gasteiger partial charge in [-0.3, -0.25) is 24.1 Å². The molecule has 4 unspecified atom stereocenters. The highest BCUT2D eigenvalue weighted by molar-refractivity contribution is 9.12. The molecule has 0 radical (unpaired) electrons. The first-order valence-electron chi connectivity index (χ1n) is 13.1. The van der Waals surface area contributed by atoms with Crippen molar-refractivity contribution in [2.75, 3.05) is 14.2 Å². The number of allylic oxidation sites excluding steroid dienone is 7. The Morgan fingerprint density at radius 1 is 1.10 bits per heavy atom. The number of methoxy groups -OCH3 is 2. The van der Waals surface area contributed by atoms with Gasteiger partial charge >= 0.3 is 0 Å². The van der Waals surface area contributed by atoms with Gasteiger partial charge in [0.15, 0.2) is 23.1 Å². The standard InChI is InChI=1S/C31H26BrNO7S/c1-39-24-10-15(11-25(40-2)29(24)36)5-6-18-17-7-8-19-27(31(38)33(30(19)37)14-16-4-3-9-41-16)20(17)12-21-26(18)23(34)13-22(32)28(21)35/h3-7,9-11,13,18-20,27,36H,8,12,14H2,1-2H3. The summed E-state index contributed by atoms with van der Waals surface area (Å²) in [6, 6.07) is 7.07. The molecule has 1 aromatic carbocycles. The maximum Gasteiger partial charge on any atom is 0.234 e. The van der Waals surface area contributed by atoms with Gasteiger partial charge in [0.1, 0.15) is 0 Å². The summed E-state index contributed by atoms with van der Waals surface area (Å²) in [5, 5.41) is 12.2. The number of phenolic OH excluding ortho intramolecular Hbond substituents is 1. The number of ketones is 2. The van der Waals surface area contributed by atoms with E-state index in [4.69, 9.17) is 9.47 Å². The predicted molar refractivity (Wildman–Crippen MR) is 155 cm³/mol. The van der Waals surface area contributed by atoms with Crippen molar-refractivity contribution in [3.05, 3.63) is 79.5 Å². The zero-order valence-corrected chi connectivity index (χ0v) is 24.7. The van der Waals surface area contributed by atoms with Gasteiger partial charge in [-0.05, 0) is 63.8 Å². The van der Waals surface area contributed by atoms with Crippen molar-refractivity contribution in [3.8, 4) is 17.2 Å². The average Bonchev–Trinajstić information content (AvgIpc) is 3.57. The van der Waals surface area contributed by atoms with Gasteiger partial charge in [0.2, 0.25) is 17.6 Å². The van der Waals surface area contributed by atoms with E-state index in [9.17, 15) is 24.3 Å². The fraction of sp³-hybridized carbons (Fsp3) is 0.290. The Morgan fingerprint density at radius 3 is 2.49 bits per heavy atom. The first kappa shape index (κ1) is 27.4. The minimum Gasteiger partial charge on any atom is -0.502 e. The van der Waals surface area contributed by atoms with Gasteiger partial charge in [-0.25, -0.2) is 0 Å². The van der Waals surface area contributed by atoms with Crippen LogP contribution in [0, 0.1) is 23.7 Å². The minimum atomic E-state index is -0.603. The number of benzene rings is 1. The molecule has 2 aromatic rings. The molecule has 210 valence electrons. The Labute approximate surface area is 248 Å². The highest BCUT2D eigenvalue weighted by atomic mass is 79.9. The van der Waals surface area contributed by atoms with Crippen LogP contribution in [0.4, 0.5) is 0 Å². The number of aromatic hydroxyl groups is 1. The number of thiophene rings is 1. The van der Waals surface area contributed by atoms with Crippen LogP contribution in [0.2, 0.25) is 0 Å². The minimum absolute atomic E-state index is 0.129. The first-order chi connectivity index (χ1) is 19.7. The monoisotopic (exact) mass is 635 g/mol. The van der Waals surface area contributed by atoms with Crippen LogP contribution in [0.5, 0.6) is 17.2 Å². The summed E-state index contributed by atoms with van der Waals surface area (Å²) in [6.45, 7) is 0.234. The zero-order chi connectivity index (χ0) is 29.0. The average molecular weight is 637 g/mol. The number of halogens is 1. The molecule has 4 atom stereocenters. The maximum absolute atomic E-state index is 13.8. The molecule has 0 spiro atoms. The van der Waals surface area contributed by atoms with Crippen LogP contribution in [-0.4, -0.2) is 47.6 Å². The third-order valence-electron chi connectivity index (χ3n) is 8.35. The van der Waals surface area contributed by atoms with Gasteiger partial charge in [0.05, 0.1) is 37.1 Å². The lowest BCUT2D eigenvalue weighted by Gasteiger charge is -2.41. The lowest BCUT2D eigenvalue weighted by molar-refractivity contribution is -0.140. The third-order valence-corrected chi connectivity index (χ3v) is 9.80. The molecule has 4 aliphatic rings. The second kappa shape index (κ2) is 10.6. The number of fused-ring (bicyclic) bond motifs is 3. The molecule has 1 N–H and O–H groups in total. The Kier molecular flexibility index (Phi) is 7.07. The van der Waals surface area contributed by atoms with Crippen molar-refractivity contribution in [2.24, 2.45) is 23.7 Å². The Balaban J connectivity index is 1.41. The van der Waals surface area contributed by atoms with Crippen LogP contribution < -0.4 is 9.47 Å². The molecule has 41 heavy (non-hydrogen) atoms. The fourth-order valence-electron chi connectivity index (χ4n) is 6.48. The zero-order valence-electron chi connectivity index (χ0n) is 22.3. The van der Waals surface area contributed by atoms with Gasteiger partial charge in [0, 0.05) is 28.0 Å². The van der Waals surface area contributed by atoms with E-state index in [-0.39, 0.29) is 58.1 Å². The Hall–Kier alpha value is -3.76. The lowest BCUT2D eigenvalue weighted by Crippen LogP contribution is -2.39. The predicted octanol–water partition coefficient (Wildman–Crippen LogP) is 4.98. The summed E-state index contributed by atoms with van der Waals surface area (Å²) in [6.07, 6.45) is 7.50. The molecule has 1 aromatic heterocycles. The molecule has 8 nitrogen and oxygen atoms in total. The molecule has 2 amide bonds. The number of ether oxygens (including phenoxy) is 2. The second-order valence-corrected chi connectivity index (χ2v) is 12.3. The highest BCUT2D eigenvalue weighted by Gasteiger charge is 2.55. The molecule has 6 rings (SSSR count). The van der Waals surface area contributed by atoms with Gasteiger partial charge < -0.3 is 14.6 Å². The fourth-order valence-corrected chi connectivity index (χ4v) is 7.62. The number of amides is 2. The van der Waals surface area contributed by atoms with E-state index in [0.29, 0.717) is 23.1 Å². The van der Waals surface area contributed by atoms with Crippen molar-refractivity contribution in [2.45, 2.75) is 19.4 Å². The molecule has 1 saturated heterocycles. The molecule has 2 heterocycles. The summed E-state index contributed by atoms with van der Waals surface area (Å²) < 4.78 is 10.7. The number of Topliss-reactive ketones (excluding diaryl/α,β-unsaturated/α-hetero) is 1. The van der Waals surface area contributed by atoms with Crippen molar-refractivity contribution < 1.29 is 33.8 Å². The summed E-state index contributed by atoms with van der Waals surface area (Å²) in [4.78, 5) is 56.1. The van der Waals surface area contributed by atoms with E-state index in [0.717, 1.165) is 10.5 Å². The van der Waals surface area contributed by atoms with Crippen LogP contribution in [0.3, 0.4) is 0 Å². The highest BCUT2D eigenvalue weighted by Crippen LogP contribution is 2.53. The molecule has 0 bridgehead atoms.